The molecule has 1 aromatic heterocycles. The molecule has 6 heteroatoms. The summed E-state index contributed by atoms with van der Waals surface area (Å²) in [6.45, 7) is 7.14. The number of nitrogens with zero attached hydrogens (tertiary/aromatic N) is 2. The number of carbonyl (C=O) groups excluding carboxylic acids is 1. The first kappa shape index (κ1) is 16.8. The zero-order valence-electron chi connectivity index (χ0n) is 14.2. The van der Waals surface area contributed by atoms with Crippen molar-refractivity contribution in [3.63, 3.8) is 0 Å². The van der Waals surface area contributed by atoms with Gasteiger partial charge in [-0.2, -0.15) is 5.10 Å². The van der Waals surface area contributed by atoms with E-state index in [4.69, 9.17) is 16.3 Å². The number of carbonyl (C=O) groups is 1. The molecule has 128 valence electrons. The minimum absolute atomic E-state index is 0.0122. The van der Waals surface area contributed by atoms with Gasteiger partial charge in [-0.15, -0.1) is 0 Å². The maximum Gasteiger partial charge on any atom is 0.222 e. The van der Waals surface area contributed by atoms with Crippen LogP contribution in [0.25, 0.3) is 0 Å². The summed E-state index contributed by atoms with van der Waals surface area (Å²) in [4.78, 5) is 12.3. The smallest absolute Gasteiger partial charge is 0.222 e. The minimum atomic E-state index is -0.150. The number of aromatic nitrogens is 2. The van der Waals surface area contributed by atoms with Crippen LogP contribution in [0.4, 0.5) is 0 Å². The lowest BCUT2D eigenvalue weighted by atomic mass is 10.0. The normalized spacial score (nSPS) is 14.2. The Bertz CT molecular complexity index is 770. The van der Waals surface area contributed by atoms with E-state index in [0.29, 0.717) is 24.6 Å². The second kappa shape index (κ2) is 6.85. The van der Waals surface area contributed by atoms with Crippen molar-refractivity contribution >= 4 is 17.5 Å². The maximum absolute atomic E-state index is 12.3. The van der Waals surface area contributed by atoms with Crippen molar-refractivity contribution < 1.29 is 9.53 Å². The first-order valence-corrected chi connectivity index (χ1v) is 8.57. The van der Waals surface area contributed by atoms with Gasteiger partial charge in [0.05, 0.1) is 18.3 Å². The molecular weight excluding hydrogens is 326 g/mol. The van der Waals surface area contributed by atoms with Crippen molar-refractivity contribution in [2.24, 2.45) is 0 Å². The predicted octanol–water partition coefficient (Wildman–Crippen LogP) is 3.36. The van der Waals surface area contributed by atoms with Gasteiger partial charge in [-0.05, 0) is 44.5 Å². The molecule has 2 heterocycles. The molecule has 1 N–H and O–H groups in total. The molecular formula is C18H22ClN3O2. The molecule has 0 bridgehead atoms. The van der Waals surface area contributed by atoms with Gasteiger partial charge in [0.25, 0.3) is 0 Å². The number of benzene rings is 1. The Morgan fingerprint density at radius 1 is 1.42 bits per heavy atom. The van der Waals surface area contributed by atoms with Gasteiger partial charge in [-0.25, -0.2) is 0 Å². The molecule has 24 heavy (non-hydrogen) atoms. The van der Waals surface area contributed by atoms with Crippen molar-refractivity contribution in [3.05, 3.63) is 45.7 Å². The Morgan fingerprint density at radius 2 is 2.21 bits per heavy atom. The number of hydrogen-bond acceptors (Lipinski definition) is 3. The highest BCUT2D eigenvalue weighted by atomic mass is 35.5. The van der Waals surface area contributed by atoms with Crippen LogP contribution in [-0.4, -0.2) is 22.3 Å². The van der Waals surface area contributed by atoms with Gasteiger partial charge in [0, 0.05) is 35.7 Å². The highest BCUT2D eigenvalue weighted by Gasteiger charge is 2.22. The Labute approximate surface area is 147 Å². The maximum atomic E-state index is 12.3. The number of aryl methyl sites for hydroxylation is 3. The van der Waals surface area contributed by atoms with Crippen LogP contribution < -0.4 is 10.1 Å². The number of hydrogen-bond donors (Lipinski definition) is 1. The van der Waals surface area contributed by atoms with E-state index < -0.39 is 0 Å². The summed E-state index contributed by atoms with van der Waals surface area (Å²) in [7, 11) is 0. The van der Waals surface area contributed by atoms with Crippen molar-refractivity contribution in [1.29, 1.82) is 0 Å². The van der Waals surface area contributed by atoms with Gasteiger partial charge in [-0.3, -0.25) is 9.48 Å². The van der Waals surface area contributed by atoms with Crippen LogP contribution >= 0.6 is 11.6 Å². The van der Waals surface area contributed by atoms with Crippen molar-refractivity contribution in [3.8, 4) is 5.75 Å². The molecule has 0 saturated heterocycles. The summed E-state index contributed by atoms with van der Waals surface area (Å²) in [5, 5.41) is 8.09. The fourth-order valence-electron chi connectivity index (χ4n) is 3.12. The van der Waals surface area contributed by atoms with Crippen molar-refractivity contribution in [1.82, 2.24) is 15.1 Å². The molecule has 0 fully saturated rings. The van der Waals surface area contributed by atoms with Gasteiger partial charge < -0.3 is 10.1 Å². The average Bonchev–Trinajstić information content (AvgIpc) is 3.10. The summed E-state index contributed by atoms with van der Waals surface area (Å²) >= 11 is 6.19. The molecule has 1 aromatic carbocycles. The van der Waals surface area contributed by atoms with E-state index in [1.165, 1.54) is 0 Å². The first-order chi connectivity index (χ1) is 11.4. The lowest BCUT2D eigenvalue weighted by molar-refractivity contribution is -0.122. The van der Waals surface area contributed by atoms with Crippen LogP contribution in [0.2, 0.25) is 5.02 Å². The summed E-state index contributed by atoms with van der Waals surface area (Å²) in [6.07, 6.45) is 1.25. The molecule has 1 amide bonds. The van der Waals surface area contributed by atoms with Gasteiger partial charge in [-0.1, -0.05) is 11.6 Å². The molecule has 0 aliphatic carbocycles. The van der Waals surface area contributed by atoms with Crippen LogP contribution in [-0.2, 0) is 17.8 Å². The molecule has 0 radical (unpaired) electrons. The number of nitrogens with one attached hydrogen (secondary N) is 1. The summed E-state index contributed by atoms with van der Waals surface area (Å²) in [5.41, 5.74) is 4.08. The third kappa shape index (κ3) is 3.56. The fourth-order valence-corrected chi connectivity index (χ4v) is 3.37. The SMILES string of the molecule is Cc1cc(C)n(CCC(=O)NC(C)c2cc(Cl)cc3c2OCC3)n1. The quantitative estimate of drug-likeness (QED) is 0.902. The lowest BCUT2D eigenvalue weighted by Gasteiger charge is -2.18. The second-order valence-corrected chi connectivity index (χ2v) is 6.71. The molecule has 2 aromatic rings. The Balaban J connectivity index is 1.64. The van der Waals surface area contributed by atoms with E-state index in [1.54, 1.807) is 0 Å². The number of halogens is 1. The fraction of sp³-hybridized carbons (Fsp3) is 0.444. The minimum Gasteiger partial charge on any atom is -0.493 e. The van der Waals surface area contributed by atoms with Crippen LogP contribution in [0.5, 0.6) is 5.75 Å². The van der Waals surface area contributed by atoms with Crippen molar-refractivity contribution in [2.75, 3.05) is 6.61 Å². The Morgan fingerprint density at radius 3 is 2.92 bits per heavy atom. The number of fused-ring (bicyclic) bond motifs is 1. The summed E-state index contributed by atoms with van der Waals surface area (Å²) in [6, 6.07) is 5.67. The Kier molecular flexibility index (Phi) is 4.81. The monoisotopic (exact) mass is 347 g/mol. The zero-order valence-corrected chi connectivity index (χ0v) is 15.0. The standard InChI is InChI=1S/C18H22ClN3O2/c1-11-8-12(2)22(21-11)6-4-17(23)20-13(3)16-10-15(19)9-14-5-7-24-18(14)16/h8-10,13H,4-7H2,1-3H3,(H,20,23). The number of rotatable bonds is 5. The van der Waals surface area contributed by atoms with E-state index >= 15 is 0 Å². The Hall–Kier alpha value is -2.01. The predicted molar refractivity (Wildman–Crippen MR) is 93.5 cm³/mol. The summed E-state index contributed by atoms with van der Waals surface area (Å²) in [5.74, 6) is 0.854. The third-order valence-electron chi connectivity index (χ3n) is 4.28. The second-order valence-electron chi connectivity index (χ2n) is 6.27. The van der Waals surface area contributed by atoms with E-state index in [-0.39, 0.29) is 11.9 Å². The average molecular weight is 348 g/mol. The highest BCUT2D eigenvalue weighted by molar-refractivity contribution is 6.30. The van der Waals surface area contributed by atoms with Crippen molar-refractivity contribution in [2.45, 2.75) is 46.2 Å². The van der Waals surface area contributed by atoms with Crippen LogP contribution in [0.1, 0.15) is 41.9 Å². The molecule has 1 aliphatic rings. The van der Waals surface area contributed by atoms with Gasteiger partial charge >= 0.3 is 0 Å². The lowest BCUT2D eigenvalue weighted by Crippen LogP contribution is -2.28. The van der Waals surface area contributed by atoms with Crippen LogP contribution in [0.15, 0.2) is 18.2 Å². The van der Waals surface area contributed by atoms with E-state index in [9.17, 15) is 4.79 Å². The molecule has 1 unspecified atom stereocenters. The van der Waals surface area contributed by atoms with E-state index in [1.807, 2.05) is 43.7 Å². The molecule has 0 saturated carbocycles. The van der Waals surface area contributed by atoms with Crippen LogP contribution in [0, 0.1) is 13.8 Å². The molecule has 1 atom stereocenters. The molecule has 3 rings (SSSR count). The zero-order chi connectivity index (χ0) is 17.3. The third-order valence-corrected chi connectivity index (χ3v) is 4.49. The highest BCUT2D eigenvalue weighted by Crippen LogP contribution is 2.36. The molecule has 5 nitrogen and oxygen atoms in total. The van der Waals surface area contributed by atoms with Gasteiger partial charge in [0.15, 0.2) is 0 Å². The first-order valence-electron chi connectivity index (χ1n) is 8.19. The van der Waals surface area contributed by atoms with E-state index in [0.717, 1.165) is 34.7 Å². The number of ether oxygens (including phenoxy) is 1. The summed E-state index contributed by atoms with van der Waals surface area (Å²) < 4.78 is 7.57. The molecule has 1 aliphatic heterocycles. The van der Waals surface area contributed by atoms with Crippen LogP contribution in [0.3, 0.4) is 0 Å². The largest absolute Gasteiger partial charge is 0.493 e. The number of amides is 1. The topological polar surface area (TPSA) is 56.2 Å². The molecule has 0 spiro atoms. The van der Waals surface area contributed by atoms with E-state index in [2.05, 4.69) is 10.4 Å². The van der Waals surface area contributed by atoms with Gasteiger partial charge in [0.1, 0.15) is 5.75 Å². The van der Waals surface area contributed by atoms with Gasteiger partial charge in [0.2, 0.25) is 5.91 Å².